The average Bonchev–Trinajstić information content (AvgIpc) is 2.70. The number of likely N-dealkylation sites (tertiary alicyclic amines) is 1. The number of aliphatic carboxylic acids is 1. The van der Waals surface area contributed by atoms with Crippen LogP contribution < -0.4 is 5.32 Å². The van der Waals surface area contributed by atoms with Crippen molar-refractivity contribution in [1.82, 2.24) is 10.2 Å². The molecule has 2 N–H and O–H groups in total. The van der Waals surface area contributed by atoms with Gasteiger partial charge in [-0.2, -0.15) is 0 Å². The molecule has 1 saturated heterocycles. The fourth-order valence-electron chi connectivity index (χ4n) is 1.78. The van der Waals surface area contributed by atoms with Gasteiger partial charge < -0.3 is 15.3 Å². The highest BCUT2D eigenvalue weighted by atomic mass is 16.4. The second kappa shape index (κ2) is 5.70. The molecule has 1 amide bonds. The first-order valence-electron chi connectivity index (χ1n) is 5.33. The van der Waals surface area contributed by atoms with Crippen LogP contribution in [0.4, 0.5) is 0 Å². The Morgan fingerprint density at radius 2 is 2.00 bits per heavy atom. The predicted octanol–water partition coefficient (Wildman–Crippen LogP) is 0.0616. The minimum atomic E-state index is -0.897. The predicted molar refractivity (Wildman–Crippen MR) is 55.5 cm³/mol. The highest BCUT2D eigenvalue weighted by Gasteiger charge is 2.21. The molecule has 0 radical (unpaired) electrons. The minimum absolute atomic E-state index is 0.0778. The van der Waals surface area contributed by atoms with E-state index in [0.717, 1.165) is 25.9 Å². The Bertz CT molecular complexity index is 237. The van der Waals surface area contributed by atoms with E-state index in [0.29, 0.717) is 12.8 Å². The van der Waals surface area contributed by atoms with Gasteiger partial charge in [0.15, 0.2) is 0 Å². The molecule has 1 rings (SSSR count). The van der Waals surface area contributed by atoms with Crippen molar-refractivity contribution in [3.63, 3.8) is 0 Å². The third-order valence-electron chi connectivity index (χ3n) is 2.75. The number of hydrogen-bond acceptors (Lipinski definition) is 3. The molecule has 0 aromatic carbocycles. The van der Waals surface area contributed by atoms with Gasteiger partial charge in [-0.25, -0.2) is 0 Å². The van der Waals surface area contributed by atoms with E-state index in [-0.39, 0.29) is 5.91 Å². The van der Waals surface area contributed by atoms with E-state index in [1.807, 2.05) is 4.90 Å². The van der Waals surface area contributed by atoms with Gasteiger partial charge in [0.2, 0.25) is 5.91 Å². The van der Waals surface area contributed by atoms with E-state index in [1.165, 1.54) is 0 Å². The van der Waals surface area contributed by atoms with Crippen LogP contribution in [0.15, 0.2) is 0 Å². The molecule has 0 spiro atoms. The van der Waals surface area contributed by atoms with Crippen molar-refractivity contribution >= 4 is 11.9 Å². The summed E-state index contributed by atoms with van der Waals surface area (Å²) in [5, 5.41) is 11.4. The molecule has 5 nitrogen and oxygen atoms in total. The summed E-state index contributed by atoms with van der Waals surface area (Å²) < 4.78 is 0. The number of carbonyl (C=O) groups excluding carboxylic acids is 1. The molecule has 1 aliphatic rings. The van der Waals surface area contributed by atoms with Crippen molar-refractivity contribution in [2.75, 3.05) is 20.1 Å². The zero-order valence-electron chi connectivity index (χ0n) is 9.03. The Labute approximate surface area is 89.4 Å². The Morgan fingerprint density at radius 1 is 1.40 bits per heavy atom. The summed E-state index contributed by atoms with van der Waals surface area (Å²) in [4.78, 5) is 24.1. The Morgan fingerprint density at radius 3 is 2.47 bits per heavy atom. The maximum Gasteiger partial charge on any atom is 0.320 e. The van der Waals surface area contributed by atoms with Gasteiger partial charge >= 0.3 is 5.97 Å². The van der Waals surface area contributed by atoms with E-state index in [4.69, 9.17) is 5.11 Å². The van der Waals surface area contributed by atoms with Crippen molar-refractivity contribution in [3.8, 4) is 0 Å². The molecular formula is C10H18N2O3. The highest BCUT2D eigenvalue weighted by Crippen LogP contribution is 2.10. The molecule has 5 heteroatoms. The molecule has 1 atom stereocenters. The number of amides is 1. The van der Waals surface area contributed by atoms with Crippen LogP contribution in [0, 0.1) is 0 Å². The molecule has 0 saturated carbocycles. The van der Waals surface area contributed by atoms with Crippen molar-refractivity contribution in [3.05, 3.63) is 0 Å². The zero-order chi connectivity index (χ0) is 11.3. The standard InChI is InChI=1S/C10H18N2O3/c1-11-8(10(14)15)4-5-9(13)12-6-2-3-7-12/h8,11H,2-7H2,1H3,(H,14,15)/t8-/m0/s1. The molecule has 1 aliphatic heterocycles. The number of nitrogens with one attached hydrogen (secondary N) is 1. The largest absolute Gasteiger partial charge is 0.480 e. The third-order valence-corrected chi connectivity index (χ3v) is 2.75. The lowest BCUT2D eigenvalue weighted by atomic mass is 10.1. The van der Waals surface area contributed by atoms with E-state index >= 15 is 0 Å². The van der Waals surface area contributed by atoms with Gasteiger partial charge in [-0.3, -0.25) is 9.59 Å². The maximum absolute atomic E-state index is 11.6. The number of carbonyl (C=O) groups is 2. The molecule has 0 aliphatic carbocycles. The van der Waals surface area contributed by atoms with Gasteiger partial charge in [-0.1, -0.05) is 0 Å². The van der Waals surface area contributed by atoms with Crippen molar-refractivity contribution in [2.45, 2.75) is 31.7 Å². The van der Waals surface area contributed by atoms with Crippen LogP contribution in [-0.2, 0) is 9.59 Å². The van der Waals surface area contributed by atoms with Gasteiger partial charge in [-0.05, 0) is 26.3 Å². The van der Waals surface area contributed by atoms with E-state index in [9.17, 15) is 9.59 Å². The summed E-state index contributed by atoms with van der Waals surface area (Å²) >= 11 is 0. The van der Waals surface area contributed by atoms with Crippen LogP contribution in [0.5, 0.6) is 0 Å². The number of carboxylic acid groups (broad SMARTS) is 1. The first-order chi connectivity index (χ1) is 7.15. The highest BCUT2D eigenvalue weighted by molar-refractivity contribution is 5.78. The van der Waals surface area contributed by atoms with Gasteiger partial charge in [0.1, 0.15) is 6.04 Å². The topological polar surface area (TPSA) is 69.6 Å². The molecular weight excluding hydrogens is 196 g/mol. The van der Waals surface area contributed by atoms with Crippen molar-refractivity contribution in [2.24, 2.45) is 0 Å². The summed E-state index contributed by atoms with van der Waals surface area (Å²) in [6.07, 6.45) is 2.82. The van der Waals surface area contributed by atoms with Crippen LogP contribution in [-0.4, -0.2) is 48.1 Å². The van der Waals surface area contributed by atoms with Crippen molar-refractivity contribution in [1.29, 1.82) is 0 Å². The molecule has 0 aromatic heterocycles. The van der Waals surface area contributed by atoms with E-state index < -0.39 is 12.0 Å². The lowest BCUT2D eigenvalue weighted by molar-refractivity contribution is -0.139. The maximum atomic E-state index is 11.6. The second-order valence-corrected chi connectivity index (χ2v) is 3.81. The van der Waals surface area contributed by atoms with Gasteiger partial charge in [-0.15, -0.1) is 0 Å². The summed E-state index contributed by atoms with van der Waals surface area (Å²) in [5.41, 5.74) is 0. The number of likely N-dealkylation sites (N-methyl/N-ethyl adjacent to an activating group) is 1. The fraction of sp³-hybridized carbons (Fsp3) is 0.800. The van der Waals surface area contributed by atoms with Crippen LogP contribution in [0.25, 0.3) is 0 Å². The normalized spacial score (nSPS) is 17.8. The number of hydrogen-bond donors (Lipinski definition) is 2. The molecule has 1 fully saturated rings. The van der Waals surface area contributed by atoms with Crippen LogP contribution in [0.3, 0.4) is 0 Å². The smallest absolute Gasteiger partial charge is 0.320 e. The van der Waals surface area contributed by atoms with Crippen LogP contribution in [0.1, 0.15) is 25.7 Å². The monoisotopic (exact) mass is 214 g/mol. The number of nitrogens with zero attached hydrogens (tertiary/aromatic N) is 1. The Balaban J connectivity index is 2.28. The molecule has 86 valence electrons. The quantitative estimate of drug-likeness (QED) is 0.679. The fourth-order valence-corrected chi connectivity index (χ4v) is 1.78. The minimum Gasteiger partial charge on any atom is -0.480 e. The summed E-state index contributed by atoms with van der Waals surface area (Å²) in [6.45, 7) is 1.66. The number of carboxylic acids is 1. The first kappa shape index (κ1) is 12.0. The van der Waals surface area contributed by atoms with Crippen molar-refractivity contribution < 1.29 is 14.7 Å². The Kier molecular flexibility index (Phi) is 4.55. The van der Waals surface area contributed by atoms with E-state index in [1.54, 1.807) is 7.05 Å². The summed E-state index contributed by atoms with van der Waals surface area (Å²) in [5.74, 6) is -0.819. The molecule has 0 aromatic rings. The van der Waals surface area contributed by atoms with Gasteiger partial charge in [0, 0.05) is 19.5 Å². The summed E-state index contributed by atoms with van der Waals surface area (Å²) in [6, 6.07) is -0.614. The van der Waals surface area contributed by atoms with Gasteiger partial charge in [0.05, 0.1) is 0 Å². The summed E-state index contributed by atoms with van der Waals surface area (Å²) in [7, 11) is 1.60. The zero-order valence-corrected chi connectivity index (χ0v) is 9.03. The molecule has 15 heavy (non-hydrogen) atoms. The molecule has 0 bridgehead atoms. The average molecular weight is 214 g/mol. The first-order valence-corrected chi connectivity index (χ1v) is 5.33. The van der Waals surface area contributed by atoms with E-state index in [2.05, 4.69) is 5.32 Å². The second-order valence-electron chi connectivity index (χ2n) is 3.81. The lowest BCUT2D eigenvalue weighted by Crippen LogP contribution is -2.36. The SMILES string of the molecule is CN[C@@H](CCC(=O)N1CCCC1)C(=O)O. The van der Waals surface area contributed by atoms with Crippen LogP contribution >= 0.6 is 0 Å². The molecule has 0 unspecified atom stereocenters. The lowest BCUT2D eigenvalue weighted by Gasteiger charge is -2.16. The third kappa shape index (κ3) is 3.51. The number of rotatable bonds is 5. The van der Waals surface area contributed by atoms with Gasteiger partial charge in [0.25, 0.3) is 0 Å². The molecule has 1 heterocycles. The Hall–Kier alpha value is -1.10. The van der Waals surface area contributed by atoms with Crippen LogP contribution in [0.2, 0.25) is 0 Å².